The van der Waals surface area contributed by atoms with Crippen molar-refractivity contribution in [2.24, 2.45) is 0 Å². The fourth-order valence-electron chi connectivity index (χ4n) is 3.06. The second kappa shape index (κ2) is 6.19. The third-order valence-corrected chi connectivity index (χ3v) is 5.22. The van der Waals surface area contributed by atoms with Crippen molar-refractivity contribution in [3.05, 3.63) is 33.1 Å². The van der Waals surface area contributed by atoms with Crippen molar-refractivity contribution in [3.8, 4) is 0 Å². The van der Waals surface area contributed by atoms with Crippen LogP contribution in [0.2, 0.25) is 0 Å². The Kier molecular flexibility index (Phi) is 4.51. The maximum absolute atomic E-state index is 12.0. The lowest BCUT2D eigenvalue weighted by Crippen LogP contribution is -2.50. The van der Waals surface area contributed by atoms with E-state index >= 15 is 0 Å². The summed E-state index contributed by atoms with van der Waals surface area (Å²) in [5.41, 5.74) is -2.29. The number of aromatic nitrogens is 2. The first-order valence-electron chi connectivity index (χ1n) is 7.08. The minimum Gasteiger partial charge on any atom is -0.382 e. The van der Waals surface area contributed by atoms with Crippen LogP contribution in [0.15, 0.2) is 21.9 Å². The number of hydrogen-bond donors (Lipinski definition) is 3. The molecule has 0 radical (unpaired) electrons. The molecule has 24 heavy (non-hydrogen) atoms. The molecule has 2 aliphatic heterocycles. The Labute approximate surface area is 136 Å². The fourth-order valence-corrected chi connectivity index (χ4v) is 3.90. The number of methoxy groups -OCH3 is 1. The van der Waals surface area contributed by atoms with Crippen molar-refractivity contribution in [2.45, 2.75) is 24.0 Å². The van der Waals surface area contributed by atoms with E-state index in [0.717, 1.165) is 11.7 Å². The summed E-state index contributed by atoms with van der Waals surface area (Å²) in [7, 11) is -1.52. The summed E-state index contributed by atoms with van der Waals surface area (Å²) in [6, 6.07) is 0.422. The van der Waals surface area contributed by atoms with Gasteiger partial charge in [0, 0.05) is 26.5 Å². The molecular weight excluding hydrogens is 345 g/mol. The second-order valence-corrected chi connectivity index (χ2v) is 7.27. The van der Waals surface area contributed by atoms with E-state index in [4.69, 9.17) is 14.2 Å². The van der Waals surface area contributed by atoms with Gasteiger partial charge in [-0.05, 0) is 0 Å². The minimum absolute atomic E-state index is 0.0689. The molecule has 3 unspecified atom stereocenters. The smallest absolute Gasteiger partial charge is 0.382 e. The quantitative estimate of drug-likeness (QED) is 0.518. The average molecular weight is 363 g/mol. The van der Waals surface area contributed by atoms with Crippen molar-refractivity contribution in [2.75, 3.05) is 27.4 Å². The zero-order chi connectivity index (χ0) is 17.5. The van der Waals surface area contributed by atoms with Crippen LogP contribution < -0.4 is 16.3 Å². The van der Waals surface area contributed by atoms with Crippen LogP contribution in [0.1, 0.15) is 6.23 Å². The predicted molar refractivity (Wildman–Crippen MR) is 79.5 cm³/mol. The van der Waals surface area contributed by atoms with E-state index in [0.29, 0.717) is 0 Å². The Hall–Kier alpha value is -1.33. The van der Waals surface area contributed by atoms with Gasteiger partial charge >= 0.3 is 13.4 Å². The molecule has 2 aliphatic rings. The highest BCUT2D eigenvalue weighted by molar-refractivity contribution is 7.50. The van der Waals surface area contributed by atoms with Crippen LogP contribution in [0, 0.1) is 0 Å². The lowest BCUT2D eigenvalue weighted by molar-refractivity contribution is -0.188. The normalized spacial score (nSPS) is 34.4. The van der Waals surface area contributed by atoms with Gasteiger partial charge in [-0.15, -0.1) is 0 Å². The average Bonchev–Trinajstić information content (AvgIpc) is 2.98. The highest BCUT2D eigenvalue weighted by Gasteiger charge is 2.63. The number of nitrogens with zero attached hydrogens (tertiary/aromatic N) is 1. The number of H-pyrrole nitrogens is 1. The highest BCUT2D eigenvalue weighted by Crippen LogP contribution is 2.49. The Morgan fingerprint density at radius 2 is 2.29 bits per heavy atom. The van der Waals surface area contributed by atoms with E-state index in [1.165, 1.54) is 19.4 Å². The molecule has 1 aromatic heterocycles. The monoisotopic (exact) mass is 363 g/mol. The number of nitrogens with one attached hydrogen (secondary N) is 2. The Bertz CT molecular complexity index is 778. The van der Waals surface area contributed by atoms with Crippen LogP contribution in [-0.2, 0) is 23.3 Å². The van der Waals surface area contributed by atoms with Gasteiger partial charge < -0.3 is 23.6 Å². The van der Waals surface area contributed by atoms with E-state index in [1.807, 2.05) is 0 Å². The Morgan fingerprint density at radius 1 is 1.54 bits per heavy atom. The van der Waals surface area contributed by atoms with Crippen molar-refractivity contribution in [1.29, 1.82) is 0 Å². The van der Waals surface area contributed by atoms with Crippen molar-refractivity contribution in [3.63, 3.8) is 0 Å². The molecule has 2 fully saturated rings. The SMILES string of the molecule is COCC12COC([C@H](n3ccc(=O)[nH]c3=O)O1)[C@@H]2NP(=O)(O)OC. The summed E-state index contributed by atoms with van der Waals surface area (Å²) in [6.45, 7) is 0.182. The molecule has 134 valence electrons. The molecule has 0 amide bonds. The van der Waals surface area contributed by atoms with Gasteiger partial charge in [-0.2, -0.15) is 0 Å². The maximum atomic E-state index is 12.0. The third-order valence-electron chi connectivity index (χ3n) is 4.12. The largest absolute Gasteiger partial charge is 0.403 e. The molecule has 2 bridgehead atoms. The molecule has 3 N–H and O–H groups in total. The van der Waals surface area contributed by atoms with E-state index < -0.39 is 43.0 Å². The van der Waals surface area contributed by atoms with Crippen LogP contribution in [0.3, 0.4) is 0 Å². The molecule has 3 rings (SSSR count). The first kappa shape index (κ1) is 17.5. The van der Waals surface area contributed by atoms with Gasteiger partial charge in [-0.3, -0.25) is 14.3 Å². The summed E-state index contributed by atoms with van der Waals surface area (Å²) < 4.78 is 34.4. The van der Waals surface area contributed by atoms with Gasteiger partial charge in [0.25, 0.3) is 5.56 Å². The molecule has 0 spiro atoms. The van der Waals surface area contributed by atoms with E-state index in [9.17, 15) is 19.0 Å². The van der Waals surface area contributed by atoms with Crippen LogP contribution in [0.5, 0.6) is 0 Å². The molecule has 0 aliphatic carbocycles. The maximum Gasteiger partial charge on any atom is 0.403 e. The van der Waals surface area contributed by atoms with Gasteiger partial charge in [-0.1, -0.05) is 0 Å². The number of fused-ring (bicyclic) bond motifs is 2. The van der Waals surface area contributed by atoms with Crippen molar-refractivity contribution in [1.82, 2.24) is 14.6 Å². The van der Waals surface area contributed by atoms with E-state index in [-0.39, 0.29) is 13.2 Å². The zero-order valence-corrected chi connectivity index (χ0v) is 13.9. The molecule has 0 aromatic carbocycles. The number of ether oxygens (including phenoxy) is 3. The zero-order valence-electron chi connectivity index (χ0n) is 13.0. The molecule has 12 heteroatoms. The summed E-state index contributed by atoms with van der Waals surface area (Å²) >= 11 is 0. The summed E-state index contributed by atoms with van der Waals surface area (Å²) in [4.78, 5) is 35.1. The molecule has 5 atom stereocenters. The highest BCUT2D eigenvalue weighted by atomic mass is 31.2. The summed E-state index contributed by atoms with van der Waals surface area (Å²) in [5.74, 6) is 0. The van der Waals surface area contributed by atoms with Crippen LogP contribution in [-0.4, -0.2) is 59.6 Å². The molecule has 11 nitrogen and oxygen atoms in total. The summed E-state index contributed by atoms with van der Waals surface area (Å²) in [5, 5.41) is 2.49. The van der Waals surface area contributed by atoms with Crippen LogP contribution >= 0.6 is 7.75 Å². The number of aromatic amines is 1. The predicted octanol–water partition coefficient (Wildman–Crippen LogP) is -1.45. The fraction of sp³-hybridized carbons (Fsp3) is 0.667. The first-order chi connectivity index (χ1) is 11.3. The Balaban J connectivity index is 1.97. The Morgan fingerprint density at radius 3 is 2.92 bits per heavy atom. The number of rotatable bonds is 6. The second-order valence-electron chi connectivity index (χ2n) is 5.61. The minimum atomic E-state index is -4.07. The summed E-state index contributed by atoms with van der Waals surface area (Å²) in [6.07, 6.45) is -0.366. The lowest BCUT2D eigenvalue weighted by atomic mass is 9.98. The molecule has 1 aromatic rings. The van der Waals surface area contributed by atoms with Gasteiger partial charge in [0.15, 0.2) is 6.23 Å². The van der Waals surface area contributed by atoms with Gasteiger partial charge in [-0.25, -0.2) is 14.4 Å². The third kappa shape index (κ3) is 2.88. The van der Waals surface area contributed by atoms with Gasteiger partial charge in [0.1, 0.15) is 11.7 Å². The van der Waals surface area contributed by atoms with E-state index in [1.54, 1.807) is 0 Å². The molecule has 2 saturated heterocycles. The van der Waals surface area contributed by atoms with E-state index in [2.05, 4.69) is 14.6 Å². The molecule has 3 heterocycles. The lowest BCUT2D eigenvalue weighted by Gasteiger charge is -2.31. The topological polar surface area (TPSA) is 141 Å². The number of hydrogen-bond acceptors (Lipinski definition) is 7. The first-order valence-corrected chi connectivity index (χ1v) is 8.66. The van der Waals surface area contributed by atoms with Crippen LogP contribution in [0.25, 0.3) is 0 Å². The van der Waals surface area contributed by atoms with Gasteiger partial charge in [0.05, 0.1) is 19.3 Å². The van der Waals surface area contributed by atoms with Crippen molar-refractivity contribution < 1.29 is 28.2 Å². The van der Waals surface area contributed by atoms with Gasteiger partial charge in [0.2, 0.25) is 0 Å². The van der Waals surface area contributed by atoms with Crippen molar-refractivity contribution >= 4 is 7.75 Å². The molecular formula is C12H18N3O8P. The standard InChI is InChI=1S/C12H18N3O8P/c1-20-5-12-6-22-8(9(12)14-24(18,19)21-2)10(23-12)15-4-3-7(16)13-11(15)17/h3-4,8-10H,5-6H2,1-2H3,(H,13,16,17)(H2,14,18,19)/t8?,9-,10+,12?/m0/s1. The van der Waals surface area contributed by atoms with Crippen LogP contribution in [0.4, 0.5) is 0 Å². The molecule has 0 saturated carbocycles.